The number of carboxylic acid groups (broad SMARTS) is 1. The first-order chi connectivity index (χ1) is 9.46. The van der Waals surface area contributed by atoms with Crippen LogP contribution in [-0.4, -0.2) is 29.1 Å². The molecule has 0 radical (unpaired) electrons. The van der Waals surface area contributed by atoms with E-state index in [0.29, 0.717) is 6.07 Å². The Morgan fingerprint density at radius 1 is 1.43 bits per heavy atom. The van der Waals surface area contributed by atoms with E-state index in [1.807, 2.05) is 27.7 Å². The highest BCUT2D eigenvalue weighted by molar-refractivity contribution is 5.90. The lowest BCUT2D eigenvalue weighted by atomic mass is 9.87. The monoisotopic (exact) mass is 298 g/mol. The molecule has 0 saturated carbocycles. The lowest BCUT2D eigenvalue weighted by molar-refractivity contribution is -0.384. The van der Waals surface area contributed by atoms with Crippen LogP contribution >= 0.6 is 0 Å². The van der Waals surface area contributed by atoms with Gasteiger partial charge in [-0.2, -0.15) is 0 Å². The van der Waals surface area contributed by atoms with Crippen molar-refractivity contribution in [3.63, 3.8) is 0 Å². The highest BCUT2D eigenvalue weighted by atomic mass is 19.1. The molecule has 0 fully saturated rings. The van der Waals surface area contributed by atoms with E-state index in [9.17, 15) is 19.3 Å². The Kier molecular flexibility index (Phi) is 4.56. The molecule has 7 heteroatoms. The number of aromatic carboxylic acids is 1. The molecule has 116 valence electrons. The summed E-state index contributed by atoms with van der Waals surface area (Å²) in [6, 6.07) is 1.55. The number of hydrogen-bond acceptors (Lipinski definition) is 4. The molecule has 0 heterocycles. The van der Waals surface area contributed by atoms with Gasteiger partial charge in [0.05, 0.1) is 16.6 Å². The first-order valence-corrected chi connectivity index (χ1v) is 6.41. The third kappa shape index (κ3) is 3.48. The smallest absolute Gasteiger partial charge is 0.338 e. The lowest BCUT2D eigenvalue weighted by Gasteiger charge is -2.36. The minimum absolute atomic E-state index is 0.0845. The molecule has 21 heavy (non-hydrogen) atoms. The molecule has 0 aliphatic carbocycles. The third-order valence-electron chi connectivity index (χ3n) is 3.71. The Labute approximate surface area is 122 Å². The summed E-state index contributed by atoms with van der Waals surface area (Å²) in [6.45, 7) is 7.75. The van der Waals surface area contributed by atoms with Gasteiger partial charge in [0.2, 0.25) is 0 Å². The number of halogens is 1. The van der Waals surface area contributed by atoms with Crippen LogP contribution in [0, 0.1) is 21.3 Å². The lowest BCUT2D eigenvalue weighted by Crippen LogP contribution is -2.39. The van der Waals surface area contributed by atoms with Crippen LogP contribution in [-0.2, 0) is 0 Å². The molecule has 0 bridgehead atoms. The van der Waals surface area contributed by atoms with Crippen molar-refractivity contribution in [2.24, 2.45) is 5.41 Å². The van der Waals surface area contributed by atoms with Crippen LogP contribution < -0.4 is 4.90 Å². The van der Waals surface area contributed by atoms with Crippen LogP contribution in [0.25, 0.3) is 0 Å². The summed E-state index contributed by atoms with van der Waals surface area (Å²) in [4.78, 5) is 23.0. The molecule has 1 unspecified atom stereocenters. The number of benzene rings is 1. The molecule has 1 aromatic carbocycles. The molecular formula is C14H19FN2O4. The number of hydrogen-bond donors (Lipinski definition) is 1. The van der Waals surface area contributed by atoms with E-state index in [1.54, 1.807) is 11.9 Å². The number of nitrogens with zero attached hydrogens (tertiary/aromatic N) is 2. The zero-order chi connectivity index (χ0) is 16.5. The number of nitro groups is 1. The van der Waals surface area contributed by atoms with Crippen molar-refractivity contribution in [3.8, 4) is 0 Å². The highest BCUT2D eigenvalue weighted by Crippen LogP contribution is 2.35. The van der Waals surface area contributed by atoms with Crippen LogP contribution in [0.15, 0.2) is 12.1 Å². The van der Waals surface area contributed by atoms with Crippen molar-refractivity contribution in [1.29, 1.82) is 0 Å². The summed E-state index contributed by atoms with van der Waals surface area (Å²) in [5.41, 5.74) is -1.14. The maximum Gasteiger partial charge on any atom is 0.338 e. The largest absolute Gasteiger partial charge is 0.478 e. The Bertz CT molecular complexity index is 581. The van der Waals surface area contributed by atoms with Crippen molar-refractivity contribution in [1.82, 2.24) is 0 Å². The van der Waals surface area contributed by atoms with E-state index in [2.05, 4.69) is 0 Å². The van der Waals surface area contributed by atoms with Gasteiger partial charge in [0.1, 0.15) is 11.5 Å². The second-order valence-corrected chi connectivity index (χ2v) is 6.04. The molecule has 0 spiro atoms. The molecule has 0 saturated heterocycles. The second kappa shape index (κ2) is 5.67. The van der Waals surface area contributed by atoms with Crippen molar-refractivity contribution in [3.05, 3.63) is 33.6 Å². The summed E-state index contributed by atoms with van der Waals surface area (Å²) < 4.78 is 13.6. The molecule has 1 atom stereocenters. The number of carbonyl (C=O) groups is 1. The van der Waals surface area contributed by atoms with Crippen LogP contribution in [0.2, 0.25) is 0 Å². The normalized spacial score (nSPS) is 12.9. The van der Waals surface area contributed by atoms with Gasteiger partial charge >= 0.3 is 5.97 Å². The fourth-order valence-electron chi connectivity index (χ4n) is 1.93. The van der Waals surface area contributed by atoms with Crippen molar-refractivity contribution in [2.75, 3.05) is 11.9 Å². The highest BCUT2D eigenvalue weighted by Gasteiger charge is 2.30. The van der Waals surface area contributed by atoms with E-state index in [0.717, 1.165) is 6.07 Å². The van der Waals surface area contributed by atoms with Crippen LogP contribution in [0.4, 0.5) is 15.8 Å². The van der Waals surface area contributed by atoms with E-state index in [4.69, 9.17) is 5.11 Å². The average molecular weight is 298 g/mol. The number of carboxylic acids is 1. The fraction of sp³-hybridized carbons (Fsp3) is 0.500. The Balaban J connectivity index is 3.48. The Morgan fingerprint density at radius 2 is 1.95 bits per heavy atom. The first kappa shape index (κ1) is 16.9. The first-order valence-electron chi connectivity index (χ1n) is 6.41. The number of nitro benzene ring substituents is 1. The van der Waals surface area contributed by atoms with Crippen LogP contribution in [0.5, 0.6) is 0 Å². The third-order valence-corrected chi connectivity index (χ3v) is 3.71. The van der Waals surface area contributed by atoms with Crippen LogP contribution in [0.1, 0.15) is 38.1 Å². The zero-order valence-corrected chi connectivity index (χ0v) is 12.7. The maximum absolute atomic E-state index is 13.6. The van der Waals surface area contributed by atoms with Gasteiger partial charge in [-0.3, -0.25) is 10.1 Å². The predicted octanol–water partition coefficient (Wildman–Crippen LogP) is 3.30. The summed E-state index contributed by atoms with van der Waals surface area (Å²) in [6.07, 6.45) is 0. The van der Waals surface area contributed by atoms with Crippen LogP contribution in [0.3, 0.4) is 0 Å². The van der Waals surface area contributed by atoms with Gasteiger partial charge in [-0.25, -0.2) is 9.18 Å². The molecule has 1 rings (SSSR count). The Hall–Kier alpha value is -2.18. The topological polar surface area (TPSA) is 83.7 Å². The van der Waals surface area contributed by atoms with Gasteiger partial charge in [0, 0.05) is 13.1 Å². The predicted molar refractivity (Wildman–Crippen MR) is 77.3 cm³/mol. The van der Waals surface area contributed by atoms with Gasteiger partial charge in [-0.1, -0.05) is 20.8 Å². The average Bonchev–Trinajstić information content (AvgIpc) is 2.34. The SMILES string of the molecule is CC(N(C)c1cc(C(=O)O)c(F)cc1[N+](=O)[O-])C(C)(C)C. The standard InChI is InChI=1S/C14H19FN2O4/c1-8(14(2,3)4)16(5)11-6-9(13(18)19)10(15)7-12(11)17(20)21/h6-8H,1-5H3,(H,18,19). The zero-order valence-electron chi connectivity index (χ0n) is 12.7. The van der Waals surface area contributed by atoms with E-state index in [1.165, 1.54) is 0 Å². The molecular weight excluding hydrogens is 279 g/mol. The van der Waals surface area contributed by atoms with Gasteiger partial charge in [-0.05, 0) is 18.4 Å². The minimum Gasteiger partial charge on any atom is -0.478 e. The summed E-state index contributed by atoms with van der Waals surface area (Å²) in [5.74, 6) is -2.57. The van der Waals surface area contributed by atoms with Gasteiger partial charge in [0.15, 0.2) is 0 Å². The molecule has 0 aromatic heterocycles. The van der Waals surface area contributed by atoms with Crippen molar-refractivity contribution in [2.45, 2.75) is 33.7 Å². The minimum atomic E-state index is -1.46. The maximum atomic E-state index is 13.6. The Morgan fingerprint density at radius 3 is 2.33 bits per heavy atom. The van der Waals surface area contributed by atoms with Crippen molar-refractivity contribution >= 4 is 17.3 Å². The van der Waals surface area contributed by atoms with Gasteiger partial charge in [0.25, 0.3) is 5.69 Å². The summed E-state index contributed by atoms with van der Waals surface area (Å²) in [7, 11) is 1.63. The molecule has 1 aromatic rings. The van der Waals surface area contributed by atoms with E-state index < -0.39 is 28.0 Å². The molecule has 6 nitrogen and oxygen atoms in total. The quantitative estimate of drug-likeness (QED) is 0.681. The van der Waals surface area contributed by atoms with Gasteiger partial charge in [-0.15, -0.1) is 0 Å². The van der Waals surface area contributed by atoms with E-state index in [-0.39, 0.29) is 17.1 Å². The number of rotatable bonds is 4. The molecule has 0 aliphatic rings. The molecule has 1 N–H and O–H groups in total. The van der Waals surface area contributed by atoms with Crippen molar-refractivity contribution < 1.29 is 19.2 Å². The number of anilines is 1. The summed E-state index contributed by atoms with van der Waals surface area (Å²) in [5, 5.41) is 20.1. The summed E-state index contributed by atoms with van der Waals surface area (Å²) >= 11 is 0. The van der Waals surface area contributed by atoms with E-state index >= 15 is 0 Å². The second-order valence-electron chi connectivity index (χ2n) is 6.04. The molecule has 0 aliphatic heterocycles. The van der Waals surface area contributed by atoms with Gasteiger partial charge < -0.3 is 10.0 Å². The molecule has 0 amide bonds. The fourth-order valence-corrected chi connectivity index (χ4v) is 1.93.